The smallest absolute Gasteiger partial charge is 0.227 e. The molecule has 1 aromatic rings. The summed E-state index contributed by atoms with van der Waals surface area (Å²) in [5, 5.41) is 6.94. The number of rotatable bonds is 16. The van der Waals surface area contributed by atoms with Crippen LogP contribution in [0.1, 0.15) is 95.6 Å². The van der Waals surface area contributed by atoms with Gasteiger partial charge in [-0.05, 0) is 62.5 Å². The van der Waals surface area contributed by atoms with E-state index < -0.39 is 0 Å². The van der Waals surface area contributed by atoms with Crippen LogP contribution >= 0.6 is 21.6 Å². The average Bonchev–Trinajstić information content (AvgIpc) is 3.31. The number of benzene rings is 1. The molecule has 1 saturated heterocycles. The average molecular weight is 493 g/mol. The maximum absolute atomic E-state index is 12.4. The van der Waals surface area contributed by atoms with E-state index in [0.29, 0.717) is 12.3 Å². The molecule has 0 bridgehead atoms. The second kappa shape index (κ2) is 16.5. The van der Waals surface area contributed by atoms with Crippen LogP contribution in [0.2, 0.25) is 0 Å². The second-order valence-electron chi connectivity index (χ2n) is 9.69. The van der Waals surface area contributed by atoms with E-state index in [-0.39, 0.29) is 17.7 Å². The predicted octanol–water partition coefficient (Wildman–Crippen LogP) is 6.50. The summed E-state index contributed by atoms with van der Waals surface area (Å²) in [5.41, 5.74) is 2.41. The maximum Gasteiger partial charge on any atom is 0.227 e. The molecule has 2 atom stereocenters. The third-order valence-electron chi connectivity index (χ3n) is 6.15. The third kappa shape index (κ3) is 12.2. The Kier molecular flexibility index (Phi) is 14.0. The zero-order chi connectivity index (χ0) is 23.9. The molecule has 1 fully saturated rings. The quantitative estimate of drug-likeness (QED) is 0.204. The summed E-state index contributed by atoms with van der Waals surface area (Å²) >= 11 is 0. The van der Waals surface area contributed by atoms with Crippen molar-refractivity contribution in [2.75, 3.05) is 18.8 Å². The number of hydrogen-bond donors (Lipinski definition) is 2. The number of carbonyl (C=O) groups excluding carboxylic acids is 2. The standard InChI is InChI=1S/C27H44N2O2S2/c1-21(2)20-23-12-14-24(15-13-23)22(3)27(31)29-18-9-5-4-8-17-28-26(30)11-7-6-10-25-16-19-32-33-25/h12-15,21-22,25H,4-11,16-20H2,1-3H3,(H,28,30)(H,29,31)/t22?,25-/m1/s1. The van der Waals surface area contributed by atoms with Gasteiger partial charge in [0, 0.05) is 30.5 Å². The number of unbranched alkanes of at least 4 members (excludes halogenated alkanes) is 4. The van der Waals surface area contributed by atoms with Gasteiger partial charge >= 0.3 is 0 Å². The van der Waals surface area contributed by atoms with Crippen molar-refractivity contribution < 1.29 is 9.59 Å². The number of amides is 2. The highest BCUT2D eigenvalue weighted by molar-refractivity contribution is 8.77. The van der Waals surface area contributed by atoms with Crippen LogP contribution < -0.4 is 10.6 Å². The lowest BCUT2D eigenvalue weighted by Crippen LogP contribution is -2.29. The first-order chi connectivity index (χ1) is 16.0. The number of hydrogen-bond acceptors (Lipinski definition) is 4. The molecular formula is C27H44N2O2S2. The van der Waals surface area contributed by atoms with Crippen molar-refractivity contribution in [3.05, 3.63) is 35.4 Å². The summed E-state index contributed by atoms with van der Waals surface area (Å²) < 4.78 is 0. The molecular weight excluding hydrogens is 448 g/mol. The minimum atomic E-state index is -0.121. The van der Waals surface area contributed by atoms with Gasteiger partial charge in [-0.25, -0.2) is 0 Å². The van der Waals surface area contributed by atoms with Gasteiger partial charge in [-0.2, -0.15) is 0 Å². The molecule has 0 spiro atoms. The fourth-order valence-corrected chi connectivity index (χ4v) is 7.10. The van der Waals surface area contributed by atoms with Crippen molar-refractivity contribution in [3.63, 3.8) is 0 Å². The molecule has 1 aliphatic heterocycles. The van der Waals surface area contributed by atoms with Crippen LogP contribution in [0.3, 0.4) is 0 Å². The minimum Gasteiger partial charge on any atom is -0.356 e. The zero-order valence-corrected chi connectivity index (χ0v) is 22.5. The van der Waals surface area contributed by atoms with Gasteiger partial charge in [-0.15, -0.1) is 0 Å². The van der Waals surface area contributed by atoms with Crippen molar-refractivity contribution in [3.8, 4) is 0 Å². The SMILES string of the molecule is CC(C)Cc1ccc(C(C)C(=O)NCCCCCCNC(=O)CCCC[C@@H]2CCSS2)cc1. The molecule has 2 amide bonds. The van der Waals surface area contributed by atoms with Crippen molar-refractivity contribution >= 4 is 33.4 Å². The van der Waals surface area contributed by atoms with E-state index in [4.69, 9.17) is 0 Å². The molecule has 0 aromatic heterocycles. The van der Waals surface area contributed by atoms with Crippen LogP contribution in [0.15, 0.2) is 24.3 Å². The van der Waals surface area contributed by atoms with E-state index in [1.165, 1.54) is 30.6 Å². The Bertz CT molecular complexity index is 688. The molecule has 0 aliphatic carbocycles. The predicted molar refractivity (Wildman–Crippen MR) is 145 cm³/mol. The van der Waals surface area contributed by atoms with E-state index in [1.807, 2.05) is 28.5 Å². The first-order valence-corrected chi connectivity index (χ1v) is 15.3. The largest absolute Gasteiger partial charge is 0.356 e. The lowest BCUT2D eigenvalue weighted by molar-refractivity contribution is -0.122. The van der Waals surface area contributed by atoms with Gasteiger partial charge in [0.15, 0.2) is 0 Å². The molecule has 0 radical (unpaired) electrons. The van der Waals surface area contributed by atoms with E-state index in [0.717, 1.165) is 62.4 Å². The van der Waals surface area contributed by atoms with Crippen LogP contribution in [0.25, 0.3) is 0 Å². The molecule has 2 rings (SSSR count). The zero-order valence-electron chi connectivity index (χ0n) is 20.9. The highest BCUT2D eigenvalue weighted by Gasteiger charge is 2.16. The molecule has 0 saturated carbocycles. The molecule has 1 aliphatic rings. The lowest BCUT2D eigenvalue weighted by atomic mass is 9.96. The highest BCUT2D eigenvalue weighted by atomic mass is 33.1. The Morgan fingerprint density at radius 1 is 0.939 bits per heavy atom. The van der Waals surface area contributed by atoms with Gasteiger partial charge in [-0.3, -0.25) is 9.59 Å². The summed E-state index contributed by atoms with van der Waals surface area (Å²) in [6, 6.07) is 8.47. The van der Waals surface area contributed by atoms with Crippen molar-refractivity contribution in [2.45, 2.75) is 96.1 Å². The molecule has 4 nitrogen and oxygen atoms in total. The highest BCUT2D eigenvalue weighted by Crippen LogP contribution is 2.39. The van der Waals surface area contributed by atoms with E-state index in [2.05, 4.69) is 48.7 Å². The molecule has 6 heteroatoms. The van der Waals surface area contributed by atoms with Gasteiger partial charge in [0.05, 0.1) is 5.92 Å². The first-order valence-electron chi connectivity index (χ1n) is 12.9. The van der Waals surface area contributed by atoms with Crippen LogP contribution in [-0.4, -0.2) is 35.9 Å². The van der Waals surface area contributed by atoms with E-state index >= 15 is 0 Å². The third-order valence-corrected chi connectivity index (χ3v) is 9.16. The fourth-order valence-electron chi connectivity index (χ4n) is 4.07. The Hall–Kier alpha value is -1.14. The summed E-state index contributed by atoms with van der Waals surface area (Å²) in [6.07, 6.45) is 10.6. The summed E-state index contributed by atoms with van der Waals surface area (Å²) in [4.78, 5) is 24.4. The van der Waals surface area contributed by atoms with E-state index in [1.54, 1.807) is 0 Å². The van der Waals surface area contributed by atoms with Gasteiger partial charge < -0.3 is 10.6 Å². The van der Waals surface area contributed by atoms with Crippen LogP contribution in [0, 0.1) is 5.92 Å². The van der Waals surface area contributed by atoms with Crippen molar-refractivity contribution in [1.29, 1.82) is 0 Å². The van der Waals surface area contributed by atoms with Gasteiger partial charge in [-0.1, -0.05) is 79.0 Å². The normalized spacial score (nSPS) is 16.7. The summed E-state index contributed by atoms with van der Waals surface area (Å²) in [7, 11) is 4.01. The maximum atomic E-state index is 12.4. The van der Waals surface area contributed by atoms with Crippen LogP contribution in [0.5, 0.6) is 0 Å². The van der Waals surface area contributed by atoms with Gasteiger partial charge in [0.1, 0.15) is 0 Å². The molecule has 1 aromatic carbocycles. The number of carbonyl (C=O) groups is 2. The molecule has 186 valence electrons. The van der Waals surface area contributed by atoms with Crippen molar-refractivity contribution in [1.82, 2.24) is 10.6 Å². The Balaban J connectivity index is 1.44. The molecule has 1 heterocycles. The minimum absolute atomic E-state index is 0.101. The molecule has 33 heavy (non-hydrogen) atoms. The van der Waals surface area contributed by atoms with Crippen LogP contribution in [-0.2, 0) is 16.0 Å². The Morgan fingerprint density at radius 3 is 2.27 bits per heavy atom. The van der Waals surface area contributed by atoms with Gasteiger partial charge in [0.25, 0.3) is 0 Å². The van der Waals surface area contributed by atoms with Gasteiger partial charge in [0.2, 0.25) is 11.8 Å². The Morgan fingerprint density at radius 2 is 1.64 bits per heavy atom. The van der Waals surface area contributed by atoms with Crippen molar-refractivity contribution in [2.24, 2.45) is 5.92 Å². The first kappa shape index (κ1) is 28.1. The Labute approximate surface area is 209 Å². The lowest BCUT2D eigenvalue weighted by Gasteiger charge is -2.14. The second-order valence-corrected chi connectivity index (χ2v) is 12.5. The summed E-state index contributed by atoms with van der Waals surface area (Å²) in [6.45, 7) is 7.90. The topological polar surface area (TPSA) is 58.2 Å². The summed E-state index contributed by atoms with van der Waals surface area (Å²) in [5.74, 6) is 2.10. The molecule has 2 N–H and O–H groups in total. The molecule has 1 unspecified atom stereocenters. The number of nitrogens with one attached hydrogen (secondary N) is 2. The fraction of sp³-hybridized carbons (Fsp3) is 0.704. The van der Waals surface area contributed by atoms with E-state index in [9.17, 15) is 9.59 Å². The monoisotopic (exact) mass is 492 g/mol. The van der Waals surface area contributed by atoms with Crippen LogP contribution in [0.4, 0.5) is 0 Å².